The maximum Gasteiger partial charge on any atom is 0.204 e. The maximum absolute atomic E-state index is 10.4. The van der Waals surface area contributed by atoms with Gasteiger partial charge in [0.1, 0.15) is 18.1 Å². The number of piperidine rings is 1. The third-order valence-corrected chi connectivity index (χ3v) is 7.30. The van der Waals surface area contributed by atoms with Crippen molar-refractivity contribution >= 4 is 17.0 Å². The molecule has 11 heteroatoms. The highest BCUT2D eigenvalue weighted by Crippen LogP contribution is 2.25. The van der Waals surface area contributed by atoms with Gasteiger partial charge in [0.15, 0.2) is 0 Å². The standard InChI is InChI=1S/C32H46N6O5/c1-3-17-40-19-21-42-23-24-43-22-20-41-18-13-33-12-16-37-14-10-27(11-15-37)35-32-36-28-6-4-5-7-30(28)38(32)25-29-31(39)9-8-26(2)34-29/h1,4-9,27,33,39H,10-25H2,2H3,(H,35,36). The first-order valence-corrected chi connectivity index (χ1v) is 15.2. The number of ether oxygens (including phenoxy) is 4. The Morgan fingerprint density at radius 2 is 1.60 bits per heavy atom. The van der Waals surface area contributed by atoms with Gasteiger partial charge in [-0.05, 0) is 44.0 Å². The average Bonchev–Trinajstić information content (AvgIpc) is 3.36. The van der Waals surface area contributed by atoms with E-state index in [-0.39, 0.29) is 5.75 Å². The number of hydrogen-bond donors (Lipinski definition) is 3. The minimum atomic E-state index is 0.203. The van der Waals surface area contributed by atoms with Gasteiger partial charge in [-0.2, -0.15) is 0 Å². The number of benzene rings is 1. The number of pyridine rings is 1. The van der Waals surface area contributed by atoms with Crippen molar-refractivity contribution in [2.24, 2.45) is 0 Å². The molecule has 3 aromatic rings. The van der Waals surface area contributed by atoms with Gasteiger partial charge >= 0.3 is 0 Å². The zero-order chi connectivity index (χ0) is 30.1. The largest absolute Gasteiger partial charge is 0.506 e. The summed E-state index contributed by atoms with van der Waals surface area (Å²) in [5.74, 6) is 3.44. The summed E-state index contributed by atoms with van der Waals surface area (Å²) in [5.41, 5.74) is 3.48. The first-order chi connectivity index (χ1) is 21.1. The maximum atomic E-state index is 10.4. The summed E-state index contributed by atoms with van der Waals surface area (Å²) in [6.45, 7) is 11.4. The first kappa shape index (κ1) is 32.7. The van der Waals surface area contributed by atoms with Gasteiger partial charge in [0.2, 0.25) is 5.95 Å². The van der Waals surface area contributed by atoms with E-state index in [1.54, 1.807) is 6.07 Å². The number of aryl methyl sites for hydroxylation is 1. The lowest BCUT2D eigenvalue weighted by Crippen LogP contribution is -2.42. The van der Waals surface area contributed by atoms with Crippen LogP contribution in [0, 0.1) is 19.3 Å². The molecule has 43 heavy (non-hydrogen) atoms. The van der Waals surface area contributed by atoms with Gasteiger partial charge in [-0.15, -0.1) is 6.42 Å². The fraction of sp³-hybridized carbons (Fsp3) is 0.562. The summed E-state index contributed by atoms with van der Waals surface area (Å²) in [7, 11) is 0. The molecule has 0 unspecified atom stereocenters. The molecule has 1 fully saturated rings. The van der Waals surface area contributed by atoms with Gasteiger partial charge in [-0.3, -0.25) is 4.98 Å². The summed E-state index contributed by atoms with van der Waals surface area (Å²) < 4.78 is 23.8. The van der Waals surface area contributed by atoms with Crippen molar-refractivity contribution in [1.29, 1.82) is 0 Å². The van der Waals surface area contributed by atoms with Crippen molar-refractivity contribution in [3.63, 3.8) is 0 Å². The van der Waals surface area contributed by atoms with Gasteiger partial charge in [-0.25, -0.2) is 4.98 Å². The molecule has 0 aliphatic carbocycles. The molecule has 1 aliphatic heterocycles. The number of hydrogen-bond acceptors (Lipinski definition) is 10. The predicted molar refractivity (Wildman–Crippen MR) is 168 cm³/mol. The molecule has 1 saturated heterocycles. The number of aromatic hydroxyl groups is 1. The van der Waals surface area contributed by atoms with Crippen molar-refractivity contribution in [2.75, 3.05) is 90.9 Å². The van der Waals surface area contributed by atoms with Gasteiger partial charge < -0.3 is 44.2 Å². The van der Waals surface area contributed by atoms with Gasteiger partial charge in [0.05, 0.1) is 63.8 Å². The SMILES string of the molecule is C#CCOCCOCCOCCOCCNCCN1CCC(Nc2nc3ccccc3n2Cc2nc(C)ccc2O)CC1. The predicted octanol–water partition coefficient (Wildman–Crippen LogP) is 2.66. The highest BCUT2D eigenvalue weighted by molar-refractivity contribution is 5.78. The van der Waals surface area contributed by atoms with E-state index in [2.05, 4.69) is 37.1 Å². The lowest BCUT2D eigenvalue weighted by atomic mass is 10.1. The molecule has 3 heterocycles. The second-order valence-electron chi connectivity index (χ2n) is 10.5. The quantitative estimate of drug-likeness (QED) is 0.133. The highest BCUT2D eigenvalue weighted by Gasteiger charge is 2.22. The first-order valence-electron chi connectivity index (χ1n) is 15.2. The molecular weight excluding hydrogens is 548 g/mol. The van der Waals surface area contributed by atoms with Crippen LogP contribution in [0.2, 0.25) is 0 Å². The summed E-state index contributed by atoms with van der Waals surface area (Å²) >= 11 is 0. The van der Waals surface area contributed by atoms with Crippen LogP contribution in [0.4, 0.5) is 5.95 Å². The Morgan fingerprint density at radius 3 is 2.35 bits per heavy atom. The number of para-hydroxylation sites is 2. The fourth-order valence-corrected chi connectivity index (χ4v) is 5.00. The summed E-state index contributed by atoms with van der Waals surface area (Å²) in [6, 6.07) is 12.0. The number of nitrogens with one attached hydrogen (secondary N) is 2. The summed E-state index contributed by atoms with van der Waals surface area (Å²) in [4.78, 5) is 12.0. The number of imidazole rings is 1. The van der Waals surface area contributed by atoms with Crippen LogP contribution in [0.25, 0.3) is 11.0 Å². The van der Waals surface area contributed by atoms with Crippen molar-refractivity contribution in [3.05, 3.63) is 47.8 Å². The summed E-state index contributed by atoms with van der Waals surface area (Å²) in [5, 5.41) is 17.6. The zero-order valence-electron chi connectivity index (χ0n) is 25.3. The van der Waals surface area contributed by atoms with E-state index < -0.39 is 0 Å². The molecule has 234 valence electrons. The second-order valence-corrected chi connectivity index (χ2v) is 10.5. The molecule has 0 spiro atoms. The average molecular weight is 595 g/mol. The van der Waals surface area contributed by atoms with Crippen LogP contribution in [0.3, 0.4) is 0 Å². The molecule has 0 bridgehead atoms. The lowest BCUT2D eigenvalue weighted by Gasteiger charge is -2.32. The molecule has 3 N–H and O–H groups in total. The Hall–Kier alpha value is -3.24. The zero-order valence-corrected chi connectivity index (χ0v) is 25.3. The number of terminal acetylenes is 1. The van der Waals surface area contributed by atoms with Crippen LogP contribution >= 0.6 is 0 Å². The fourth-order valence-electron chi connectivity index (χ4n) is 5.00. The van der Waals surface area contributed by atoms with Gasteiger partial charge in [0, 0.05) is 44.5 Å². The van der Waals surface area contributed by atoms with E-state index >= 15 is 0 Å². The van der Waals surface area contributed by atoms with Crippen molar-refractivity contribution in [2.45, 2.75) is 32.4 Å². The van der Waals surface area contributed by atoms with Crippen molar-refractivity contribution < 1.29 is 24.1 Å². The second kappa shape index (κ2) is 18.4. The summed E-state index contributed by atoms with van der Waals surface area (Å²) in [6.07, 6.45) is 7.20. The number of anilines is 1. The highest BCUT2D eigenvalue weighted by atomic mass is 16.6. The Morgan fingerprint density at radius 1 is 0.907 bits per heavy atom. The van der Waals surface area contributed by atoms with Crippen molar-refractivity contribution in [1.82, 2.24) is 24.8 Å². The van der Waals surface area contributed by atoms with Crippen LogP contribution in [-0.4, -0.2) is 116 Å². The van der Waals surface area contributed by atoms with Gasteiger partial charge in [0.25, 0.3) is 0 Å². The molecule has 2 aromatic heterocycles. The van der Waals surface area contributed by atoms with Gasteiger partial charge in [-0.1, -0.05) is 18.1 Å². The Labute approximate surface area is 254 Å². The molecule has 0 atom stereocenters. The number of likely N-dealkylation sites (tertiary alicyclic amines) is 1. The third kappa shape index (κ3) is 11.1. The van der Waals surface area contributed by atoms with E-state index in [0.29, 0.717) is 71.1 Å². The molecule has 0 amide bonds. The number of fused-ring (bicyclic) bond motifs is 1. The monoisotopic (exact) mass is 594 g/mol. The Balaban J connectivity index is 1.07. The van der Waals surface area contributed by atoms with Crippen LogP contribution in [0.5, 0.6) is 5.75 Å². The van der Waals surface area contributed by atoms with E-state index in [1.165, 1.54) is 0 Å². The van der Waals surface area contributed by atoms with Crippen LogP contribution in [0.15, 0.2) is 36.4 Å². The Kier molecular flexibility index (Phi) is 14.0. The van der Waals surface area contributed by atoms with Crippen molar-refractivity contribution in [3.8, 4) is 18.1 Å². The molecule has 11 nitrogen and oxygen atoms in total. The number of nitrogens with zero attached hydrogens (tertiary/aromatic N) is 4. The van der Waals surface area contributed by atoms with E-state index in [0.717, 1.165) is 68.2 Å². The molecule has 1 aliphatic rings. The van der Waals surface area contributed by atoms with Crippen LogP contribution < -0.4 is 10.6 Å². The molecule has 4 rings (SSSR count). The van der Waals surface area contributed by atoms with E-state index in [4.69, 9.17) is 30.4 Å². The normalized spacial score (nSPS) is 14.3. The topological polar surface area (TPSA) is 115 Å². The molecule has 0 saturated carbocycles. The van der Waals surface area contributed by atoms with E-state index in [1.807, 2.05) is 31.2 Å². The van der Waals surface area contributed by atoms with E-state index in [9.17, 15) is 5.11 Å². The van der Waals surface area contributed by atoms with Crippen LogP contribution in [0.1, 0.15) is 24.2 Å². The minimum Gasteiger partial charge on any atom is -0.506 e. The lowest BCUT2D eigenvalue weighted by molar-refractivity contribution is 0.00169. The molecule has 1 aromatic carbocycles. The molecular formula is C32H46N6O5. The number of aromatic nitrogens is 3. The Bertz CT molecular complexity index is 1270. The third-order valence-electron chi connectivity index (χ3n) is 7.30. The van der Waals surface area contributed by atoms with Crippen LogP contribution in [-0.2, 0) is 25.5 Å². The smallest absolute Gasteiger partial charge is 0.204 e. The minimum absolute atomic E-state index is 0.203. The number of rotatable bonds is 20. The molecule has 0 radical (unpaired) electrons.